The Morgan fingerprint density at radius 3 is 3.05 bits per heavy atom. The van der Waals surface area contributed by atoms with Crippen LogP contribution in [0.25, 0.3) is 0 Å². The van der Waals surface area contributed by atoms with Crippen LogP contribution in [0.4, 0.5) is 0 Å². The van der Waals surface area contributed by atoms with Crippen molar-refractivity contribution in [2.45, 2.75) is 31.4 Å². The molecule has 1 aliphatic heterocycles. The van der Waals surface area contributed by atoms with Crippen molar-refractivity contribution in [1.29, 1.82) is 0 Å². The molecule has 1 aromatic heterocycles. The van der Waals surface area contributed by atoms with Gasteiger partial charge in [0.1, 0.15) is 0 Å². The van der Waals surface area contributed by atoms with Gasteiger partial charge in [0.2, 0.25) is 0 Å². The second-order valence-corrected chi connectivity index (χ2v) is 6.36. The summed E-state index contributed by atoms with van der Waals surface area (Å²) in [5.74, 6) is -0.0202. The van der Waals surface area contributed by atoms with Crippen LogP contribution in [0.1, 0.15) is 30.2 Å². The van der Waals surface area contributed by atoms with Crippen molar-refractivity contribution in [2.24, 2.45) is 5.92 Å². The van der Waals surface area contributed by atoms with Gasteiger partial charge < -0.3 is 9.84 Å². The molecule has 0 spiro atoms. The number of aliphatic carboxylic acids is 1. The van der Waals surface area contributed by atoms with Crippen molar-refractivity contribution < 1.29 is 14.6 Å². The standard InChI is InChI=1S/C14H19NO3S/c16-13(17)8-11-9-15(5-6-18-11)14(10-3-4-10)12-2-1-7-19-12/h1-2,7,10-11,14H,3-6,8-9H2,(H,16,17). The molecule has 2 fully saturated rings. The van der Waals surface area contributed by atoms with Gasteiger partial charge in [0.25, 0.3) is 0 Å². The van der Waals surface area contributed by atoms with E-state index in [1.165, 1.54) is 17.7 Å². The molecule has 2 atom stereocenters. The van der Waals surface area contributed by atoms with Gasteiger partial charge in [-0.2, -0.15) is 0 Å². The van der Waals surface area contributed by atoms with Gasteiger partial charge in [-0.05, 0) is 30.2 Å². The second kappa shape index (κ2) is 5.61. The lowest BCUT2D eigenvalue weighted by Crippen LogP contribution is -2.45. The summed E-state index contributed by atoms with van der Waals surface area (Å²) in [6, 6.07) is 4.78. The lowest BCUT2D eigenvalue weighted by atomic mass is 10.1. The lowest BCUT2D eigenvalue weighted by Gasteiger charge is -2.37. The van der Waals surface area contributed by atoms with Gasteiger partial charge in [-0.3, -0.25) is 9.69 Å². The first-order chi connectivity index (χ1) is 9.24. The van der Waals surface area contributed by atoms with Crippen molar-refractivity contribution in [3.8, 4) is 0 Å². The van der Waals surface area contributed by atoms with Crippen LogP contribution in [0.2, 0.25) is 0 Å². The molecule has 104 valence electrons. The molecule has 0 amide bonds. The Kier molecular flexibility index (Phi) is 3.86. The molecule has 3 rings (SSSR count). The zero-order valence-corrected chi connectivity index (χ0v) is 11.6. The largest absolute Gasteiger partial charge is 0.481 e. The average molecular weight is 281 g/mol. The van der Waals surface area contributed by atoms with Crippen molar-refractivity contribution in [3.63, 3.8) is 0 Å². The Balaban J connectivity index is 1.70. The first-order valence-electron chi connectivity index (χ1n) is 6.85. The predicted octanol–water partition coefficient (Wildman–Crippen LogP) is 2.37. The molecule has 1 saturated carbocycles. The summed E-state index contributed by atoms with van der Waals surface area (Å²) in [5.41, 5.74) is 0. The van der Waals surface area contributed by atoms with E-state index in [0.29, 0.717) is 12.6 Å². The van der Waals surface area contributed by atoms with Crippen LogP contribution in [0, 0.1) is 5.92 Å². The van der Waals surface area contributed by atoms with Gasteiger partial charge in [-0.25, -0.2) is 0 Å². The molecule has 4 nitrogen and oxygen atoms in total. The molecule has 1 aliphatic carbocycles. The molecule has 19 heavy (non-hydrogen) atoms. The van der Waals surface area contributed by atoms with Crippen molar-refractivity contribution in [3.05, 3.63) is 22.4 Å². The van der Waals surface area contributed by atoms with Crippen molar-refractivity contribution in [1.82, 2.24) is 4.90 Å². The van der Waals surface area contributed by atoms with E-state index >= 15 is 0 Å². The van der Waals surface area contributed by atoms with Crippen LogP contribution in [0.5, 0.6) is 0 Å². The van der Waals surface area contributed by atoms with Gasteiger partial charge in [-0.15, -0.1) is 11.3 Å². The Hall–Kier alpha value is -0.910. The molecule has 1 aromatic rings. The van der Waals surface area contributed by atoms with Gasteiger partial charge in [0.05, 0.1) is 19.1 Å². The Labute approximate surface area is 117 Å². The number of rotatable bonds is 5. The fourth-order valence-electron chi connectivity index (χ4n) is 2.89. The van der Waals surface area contributed by atoms with Crippen molar-refractivity contribution >= 4 is 17.3 Å². The molecule has 0 radical (unpaired) electrons. The molecule has 1 saturated heterocycles. The molecule has 0 bridgehead atoms. The highest BCUT2D eigenvalue weighted by atomic mass is 32.1. The number of hydrogen-bond donors (Lipinski definition) is 1. The Bertz CT molecular complexity index is 430. The number of carboxylic acid groups (broad SMARTS) is 1. The lowest BCUT2D eigenvalue weighted by molar-refractivity contribution is -0.142. The third kappa shape index (κ3) is 3.16. The van der Waals surface area contributed by atoms with Gasteiger partial charge in [0, 0.05) is 24.0 Å². The van der Waals surface area contributed by atoms with E-state index in [2.05, 4.69) is 22.4 Å². The first-order valence-corrected chi connectivity index (χ1v) is 7.73. The number of carbonyl (C=O) groups is 1. The highest BCUT2D eigenvalue weighted by Gasteiger charge is 2.39. The van der Waals surface area contributed by atoms with Crippen molar-refractivity contribution in [2.75, 3.05) is 19.7 Å². The molecular weight excluding hydrogens is 262 g/mol. The minimum atomic E-state index is -0.772. The first kappa shape index (κ1) is 13.1. The summed E-state index contributed by atoms with van der Waals surface area (Å²) in [7, 11) is 0. The van der Waals surface area contributed by atoms with E-state index in [9.17, 15) is 4.79 Å². The molecule has 0 aromatic carbocycles. The molecule has 2 aliphatic rings. The Morgan fingerprint density at radius 2 is 2.42 bits per heavy atom. The monoisotopic (exact) mass is 281 g/mol. The zero-order chi connectivity index (χ0) is 13.2. The summed E-state index contributed by atoms with van der Waals surface area (Å²) >= 11 is 1.81. The number of thiophene rings is 1. The van der Waals surface area contributed by atoms with Crippen LogP contribution in [0.3, 0.4) is 0 Å². The number of nitrogens with zero attached hydrogens (tertiary/aromatic N) is 1. The van der Waals surface area contributed by atoms with E-state index in [-0.39, 0.29) is 12.5 Å². The fraction of sp³-hybridized carbons (Fsp3) is 0.643. The smallest absolute Gasteiger partial charge is 0.306 e. The summed E-state index contributed by atoms with van der Waals surface area (Å²) in [5, 5.41) is 11.0. The molecule has 2 heterocycles. The SMILES string of the molecule is O=C(O)CC1CN(C(c2cccs2)C2CC2)CCO1. The van der Waals surface area contributed by atoms with Gasteiger partial charge in [0.15, 0.2) is 0 Å². The maximum absolute atomic E-state index is 10.8. The molecule has 5 heteroatoms. The molecule has 2 unspecified atom stereocenters. The van der Waals surface area contributed by atoms with Gasteiger partial charge in [-0.1, -0.05) is 6.07 Å². The predicted molar refractivity (Wildman–Crippen MR) is 73.3 cm³/mol. The van der Waals surface area contributed by atoms with Gasteiger partial charge >= 0.3 is 5.97 Å². The van der Waals surface area contributed by atoms with E-state index in [1.54, 1.807) is 0 Å². The normalized spacial score (nSPS) is 26.2. The zero-order valence-electron chi connectivity index (χ0n) is 10.8. The highest BCUT2D eigenvalue weighted by molar-refractivity contribution is 7.10. The number of carboxylic acids is 1. The number of morpholine rings is 1. The topological polar surface area (TPSA) is 49.8 Å². The number of ether oxygens (including phenoxy) is 1. The second-order valence-electron chi connectivity index (χ2n) is 5.38. The summed E-state index contributed by atoms with van der Waals surface area (Å²) in [6.45, 7) is 2.30. The molecular formula is C14H19NO3S. The third-order valence-electron chi connectivity index (χ3n) is 3.87. The summed E-state index contributed by atoms with van der Waals surface area (Å²) in [4.78, 5) is 14.7. The van der Waals surface area contributed by atoms with E-state index in [4.69, 9.17) is 9.84 Å². The quantitative estimate of drug-likeness (QED) is 0.900. The van der Waals surface area contributed by atoms with Crippen LogP contribution < -0.4 is 0 Å². The van der Waals surface area contributed by atoms with Crippen LogP contribution in [-0.4, -0.2) is 41.8 Å². The van der Waals surface area contributed by atoms with Crippen LogP contribution in [-0.2, 0) is 9.53 Å². The molecule has 1 N–H and O–H groups in total. The maximum atomic E-state index is 10.8. The summed E-state index contributed by atoms with van der Waals surface area (Å²) < 4.78 is 5.57. The number of hydrogen-bond acceptors (Lipinski definition) is 4. The minimum Gasteiger partial charge on any atom is -0.481 e. The Morgan fingerprint density at radius 1 is 1.58 bits per heavy atom. The highest BCUT2D eigenvalue weighted by Crippen LogP contribution is 2.46. The van der Waals surface area contributed by atoms with Crippen LogP contribution >= 0.6 is 11.3 Å². The minimum absolute atomic E-state index is 0.109. The van der Waals surface area contributed by atoms with E-state index in [1.807, 2.05) is 11.3 Å². The van der Waals surface area contributed by atoms with Crippen LogP contribution in [0.15, 0.2) is 17.5 Å². The fourth-order valence-corrected chi connectivity index (χ4v) is 3.85. The van der Waals surface area contributed by atoms with E-state index < -0.39 is 5.97 Å². The maximum Gasteiger partial charge on any atom is 0.306 e. The third-order valence-corrected chi connectivity index (χ3v) is 4.81. The summed E-state index contributed by atoms with van der Waals surface area (Å²) in [6.07, 6.45) is 2.54. The van der Waals surface area contributed by atoms with E-state index in [0.717, 1.165) is 19.0 Å². The average Bonchev–Trinajstić information content (AvgIpc) is 3.04.